The summed E-state index contributed by atoms with van der Waals surface area (Å²) in [6, 6.07) is 10.2. The average molecular weight is 1380 g/mol. The summed E-state index contributed by atoms with van der Waals surface area (Å²) >= 11 is 7.82. The number of amides is 1. The van der Waals surface area contributed by atoms with E-state index in [2.05, 4.69) is 86.4 Å². The summed E-state index contributed by atoms with van der Waals surface area (Å²) in [5.74, 6) is 0.0704. The Labute approximate surface area is 597 Å². The maximum absolute atomic E-state index is 16.4. The highest BCUT2D eigenvalue weighted by Crippen LogP contribution is 2.63. The lowest BCUT2D eigenvalue weighted by atomic mass is 9.71. The Balaban J connectivity index is 1.18. The van der Waals surface area contributed by atoms with Gasteiger partial charge in [-0.15, -0.1) is 45.3 Å². The van der Waals surface area contributed by atoms with E-state index in [9.17, 15) is 0 Å². The van der Waals surface area contributed by atoms with Crippen molar-refractivity contribution in [3.8, 4) is 19.5 Å². The molecule has 6 heterocycles. The number of hydrogen-bond donors (Lipinski definition) is 0. The summed E-state index contributed by atoms with van der Waals surface area (Å²) < 4.78 is 25.8. The Morgan fingerprint density at radius 2 is 0.684 bits per heavy atom. The molecule has 4 aromatic heterocycles. The second kappa shape index (κ2) is 43.3. The second-order valence-corrected chi connectivity index (χ2v) is 32.9. The van der Waals surface area contributed by atoms with Crippen LogP contribution in [-0.2, 0) is 34.6 Å². The van der Waals surface area contributed by atoms with Gasteiger partial charge >= 0.3 is 0 Å². The minimum absolute atomic E-state index is 0.0300. The Kier molecular flexibility index (Phi) is 35.6. The van der Waals surface area contributed by atoms with Gasteiger partial charge in [-0.3, -0.25) is 4.79 Å². The molecule has 4 aromatic rings. The van der Waals surface area contributed by atoms with Crippen molar-refractivity contribution < 1.29 is 23.7 Å². The summed E-state index contributed by atoms with van der Waals surface area (Å²) in [6.45, 7) is 21.2. The molecule has 4 aliphatic rings. The molecule has 0 unspecified atom stereocenters. The van der Waals surface area contributed by atoms with Crippen molar-refractivity contribution in [3.63, 3.8) is 0 Å². The number of rotatable bonds is 58. The zero-order valence-corrected chi connectivity index (χ0v) is 65.0. The standard InChI is InChI=1S/C84H134N2O5S4/c1-9-17-21-25-29-33-37-41-45-49-55-83(56-50-46-42-38-34-30-26-22-18-10-2)67-53-59-92-78(67)80-69(83)61-71(94-80)76-66-63-85(64-73(88-13-5)89-14-6)77(75(66)82(87)86(76)65-74(90-15-7)91-16-8)72-62-70-81(95-72)79-68(54-60-93-79)84(70,57-51-47-43-39-35-31-27-23-19-11-3)58-52-48-44-40-36-32-28-24-20-12-4/h53-54,59-62,73-74H,9-52,55-58,63-65H2,1-8H3. The van der Waals surface area contributed by atoms with E-state index in [1.807, 2.05) is 59.2 Å². The first-order valence-corrected chi connectivity index (χ1v) is 43.6. The first-order valence-electron chi connectivity index (χ1n) is 40.3. The van der Waals surface area contributed by atoms with Crippen LogP contribution < -0.4 is 0 Å². The van der Waals surface area contributed by atoms with E-state index in [-0.39, 0.29) is 16.7 Å². The van der Waals surface area contributed by atoms with E-state index in [0.717, 1.165) is 22.5 Å². The SMILES string of the molecule is CCCCCCCCCCCCC1(CCCCCCCCCCCC)c2ccsc2-c2sc(C3=C4C(=O)N(CC(OCC)OCC)C(c5cc6c(s5)-c5sccc5C6(CCCCCCCCCCCC)CCCCCCCCCCCC)=C4CN3CC(OCC)OCC)cc21. The van der Waals surface area contributed by atoms with Gasteiger partial charge in [-0.1, -0.05) is 285 Å². The first-order chi connectivity index (χ1) is 46.8. The minimum atomic E-state index is -0.550. The van der Waals surface area contributed by atoms with Gasteiger partial charge in [-0.2, -0.15) is 0 Å². The predicted molar refractivity (Wildman–Crippen MR) is 414 cm³/mol. The number of thiophene rings is 4. The molecule has 0 radical (unpaired) electrons. The van der Waals surface area contributed by atoms with Gasteiger partial charge in [0.05, 0.1) is 39.8 Å². The van der Waals surface area contributed by atoms with Gasteiger partial charge in [-0.05, 0) is 111 Å². The molecule has 0 bridgehead atoms. The first kappa shape index (κ1) is 78.1. The van der Waals surface area contributed by atoms with Crippen molar-refractivity contribution in [1.29, 1.82) is 0 Å². The highest BCUT2D eigenvalue weighted by Gasteiger charge is 2.51. The molecule has 11 heteroatoms. The Morgan fingerprint density at radius 1 is 0.379 bits per heavy atom. The molecule has 2 aliphatic heterocycles. The van der Waals surface area contributed by atoms with Crippen LogP contribution in [0.25, 0.3) is 30.9 Å². The lowest BCUT2D eigenvalue weighted by Crippen LogP contribution is -2.38. The number of nitrogens with zero attached hydrogens (tertiary/aromatic N) is 2. The van der Waals surface area contributed by atoms with Crippen LogP contribution in [0, 0.1) is 0 Å². The smallest absolute Gasteiger partial charge is 0.261 e. The van der Waals surface area contributed by atoms with Crippen LogP contribution in [0.1, 0.15) is 370 Å². The number of unbranched alkanes of at least 4 members (excludes halogenated alkanes) is 36. The van der Waals surface area contributed by atoms with Gasteiger partial charge < -0.3 is 28.7 Å². The number of fused-ring (bicyclic) bond motifs is 7. The summed E-state index contributed by atoms with van der Waals surface area (Å²) in [4.78, 5) is 29.3. The monoisotopic (exact) mass is 1380 g/mol. The van der Waals surface area contributed by atoms with E-state index in [1.54, 1.807) is 11.1 Å². The van der Waals surface area contributed by atoms with Gasteiger partial charge in [-0.25, -0.2) is 0 Å². The van der Waals surface area contributed by atoms with Crippen LogP contribution in [-0.4, -0.2) is 74.3 Å². The van der Waals surface area contributed by atoms with Crippen molar-refractivity contribution in [3.05, 3.63) is 78.2 Å². The number of carbonyl (C=O) groups is 1. The third-order valence-corrected chi connectivity index (χ3v) is 26.3. The predicted octanol–water partition coefficient (Wildman–Crippen LogP) is 26.8. The van der Waals surface area contributed by atoms with Crippen LogP contribution in [0.4, 0.5) is 0 Å². The fourth-order valence-corrected chi connectivity index (χ4v) is 21.8. The van der Waals surface area contributed by atoms with Crippen LogP contribution in [0.3, 0.4) is 0 Å². The molecule has 534 valence electrons. The van der Waals surface area contributed by atoms with Crippen molar-refractivity contribution in [2.45, 2.75) is 361 Å². The summed E-state index contributed by atoms with van der Waals surface area (Å²) in [6.07, 6.45) is 57.6. The normalized spacial score (nSPS) is 15.3. The molecular formula is C84H134N2O5S4. The molecule has 7 nitrogen and oxygen atoms in total. The van der Waals surface area contributed by atoms with Gasteiger partial charge in [0.2, 0.25) is 0 Å². The van der Waals surface area contributed by atoms with Crippen molar-refractivity contribution in [2.24, 2.45) is 0 Å². The maximum Gasteiger partial charge on any atom is 0.261 e. The fraction of sp³-hybridized carbons (Fsp3) is 0.750. The molecule has 8 rings (SSSR count). The molecule has 0 aromatic carbocycles. The topological polar surface area (TPSA) is 60.5 Å². The number of carbonyl (C=O) groups excluding carboxylic acids is 1. The minimum Gasteiger partial charge on any atom is -0.360 e. The van der Waals surface area contributed by atoms with Gasteiger partial charge in [0.25, 0.3) is 5.91 Å². The fourth-order valence-electron chi connectivity index (χ4n) is 16.8. The Bertz CT molecular complexity index is 2790. The van der Waals surface area contributed by atoms with Crippen molar-refractivity contribution in [1.82, 2.24) is 9.80 Å². The van der Waals surface area contributed by atoms with Crippen LogP contribution in [0.5, 0.6) is 0 Å². The van der Waals surface area contributed by atoms with Crippen molar-refractivity contribution in [2.75, 3.05) is 46.1 Å². The Morgan fingerprint density at radius 3 is 1.01 bits per heavy atom. The molecule has 0 fully saturated rings. The van der Waals surface area contributed by atoms with E-state index in [0.29, 0.717) is 46.1 Å². The van der Waals surface area contributed by atoms with Gasteiger partial charge in [0, 0.05) is 68.9 Å². The highest BCUT2D eigenvalue weighted by molar-refractivity contribution is 7.23. The van der Waals surface area contributed by atoms with E-state index in [1.165, 1.54) is 323 Å². The molecular weight excluding hydrogens is 1250 g/mol. The quantitative estimate of drug-likeness (QED) is 0.0324. The molecule has 0 saturated heterocycles. The molecule has 1 amide bonds. The molecule has 0 saturated carbocycles. The number of hydrogen-bond acceptors (Lipinski definition) is 10. The van der Waals surface area contributed by atoms with Crippen LogP contribution in [0.2, 0.25) is 0 Å². The largest absolute Gasteiger partial charge is 0.360 e. The third-order valence-electron chi connectivity index (χ3n) is 21.9. The highest BCUT2D eigenvalue weighted by atomic mass is 32.1. The lowest BCUT2D eigenvalue weighted by Gasteiger charge is -2.32. The van der Waals surface area contributed by atoms with E-state index in [4.69, 9.17) is 18.9 Å². The van der Waals surface area contributed by atoms with Gasteiger partial charge in [0.15, 0.2) is 12.6 Å². The zero-order valence-electron chi connectivity index (χ0n) is 61.7. The van der Waals surface area contributed by atoms with Crippen LogP contribution in [0.15, 0.2) is 46.2 Å². The molecule has 0 atom stereocenters. The lowest BCUT2D eigenvalue weighted by molar-refractivity contribution is -0.150. The molecule has 95 heavy (non-hydrogen) atoms. The van der Waals surface area contributed by atoms with Crippen LogP contribution >= 0.6 is 45.3 Å². The molecule has 0 spiro atoms. The zero-order chi connectivity index (χ0) is 66.9. The summed E-state index contributed by atoms with van der Waals surface area (Å²) in [5.41, 5.74) is 10.3. The number of ether oxygens (including phenoxy) is 4. The maximum atomic E-state index is 16.4. The van der Waals surface area contributed by atoms with E-state index >= 15 is 4.79 Å². The Hall–Kier alpha value is -2.61. The third kappa shape index (κ3) is 21.2. The van der Waals surface area contributed by atoms with Gasteiger partial charge in [0.1, 0.15) is 0 Å². The summed E-state index contributed by atoms with van der Waals surface area (Å²) in [7, 11) is 0. The second-order valence-electron chi connectivity index (χ2n) is 29.0. The summed E-state index contributed by atoms with van der Waals surface area (Å²) in [5, 5.41) is 4.77. The molecule has 0 N–H and O–H groups in total. The molecule has 2 aliphatic carbocycles. The van der Waals surface area contributed by atoms with E-state index < -0.39 is 12.6 Å². The average Bonchev–Trinajstić information content (AvgIpc) is 1.54. The van der Waals surface area contributed by atoms with Crippen molar-refractivity contribution >= 4 is 62.6 Å².